The minimum Gasteiger partial charge on any atom is -0.373 e. The number of hydrogen-bond acceptors (Lipinski definition) is 5. The van der Waals surface area contributed by atoms with Crippen LogP contribution in [0.15, 0.2) is 0 Å². The molecule has 1 aromatic rings. The van der Waals surface area contributed by atoms with Crippen LogP contribution in [-0.2, 0) is 20.7 Å². The Morgan fingerprint density at radius 3 is 2.30 bits per heavy atom. The largest absolute Gasteiger partial charge is 0.373 e. The fourth-order valence-corrected chi connectivity index (χ4v) is 5.57. The van der Waals surface area contributed by atoms with E-state index in [2.05, 4.69) is 0 Å². The highest BCUT2D eigenvalue weighted by atomic mass is 32.1. The van der Waals surface area contributed by atoms with Gasteiger partial charge in [-0.05, 0) is 31.7 Å². The molecule has 0 unspecified atom stereocenters. The topological polar surface area (TPSA) is 89.7 Å². The Morgan fingerprint density at radius 2 is 1.83 bits per heavy atom. The van der Waals surface area contributed by atoms with Crippen molar-refractivity contribution in [3.8, 4) is 0 Å². The van der Waals surface area contributed by atoms with Crippen molar-refractivity contribution in [3.63, 3.8) is 0 Å². The third-order valence-corrected chi connectivity index (χ3v) is 6.41. The van der Waals surface area contributed by atoms with E-state index in [9.17, 15) is 14.4 Å². The number of imide groups is 1. The average Bonchev–Trinajstić information content (AvgIpc) is 3.22. The summed E-state index contributed by atoms with van der Waals surface area (Å²) in [6.07, 6.45) is 1.97. The molecular weight excluding hydrogens is 316 g/mol. The summed E-state index contributed by atoms with van der Waals surface area (Å²) < 4.78 is 5.74. The van der Waals surface area contributed by atoms with Crippen molar-refractivity contribution in [3.05, 3.63) is 16.0 Å². The van der Waals surface area contributed by atoms with Gasteiger partial charge < -0.3 is 10.5 Å². The Labute approximate surface area is 137 Å². The predicted octanol–water partition coefficient (Wildman–Crippen LogP) is 1.38. The predicted molar refractivity (Wildman–Crippen MR) is 84.3 cm³/mol. The molecule has 4 atom stereocenters. The number of carbonyl (C=O) groups is 3. The molecule has 0 radical (unpaired) electrons. The molecule has 0 aromatic carbocycles. The SMILES string of the molecule is CCc1c(C)sc(N2C(=O)[C@@H]3[C@H](C2=O)[C@@H]2CC[C@H]3O2)c1C(N)=O. The Kier molecular flexibility index (Phi) is 3.15. The molecule has 2 bridgehead atoms. The maximum Gasteiger partial charge on any atom is 0.252 e. The van der Waals surface area contributed by atoms with E-state index in [0.717, 1.165) is 23.3 Å². The van der Waals surface area contributed by atoms with E-state index in [1.807, 2.05) is 13.8 Å². The van der Waals surface area contributed by atoms with Crippen LogP contribution in [-0.4, -0.2) is 29.9 Å². The summed E-state index contributed by atoms with van der Waals surface area (Å²) in [6.45, 7) is 3.82. The van der Waals surface area contributed by atoms with Crippen molar-refractivity contribution in [1.82, 2.24) is 0 Å². The molecule has 0 aliphatic carbocycles. The van der Waals surface area contributed by atoms with E-state index in [-0.39, 0.29) is 24.0 Å². The summed E-state index contributed by atoms with van der Waals surface area (Å²) >= 11 is 1.30. The van der Waals surface area contributed by atoms with Crippen LogP contribution in [0.4, 0.5) is 5.00 Å². The molecule has 0 spiro atoms. The maximum atomic E-state index is 12.9. The lowest BCUT2D eigenvalue weighted by atomic mass is 9.81. The molecule has 4 rings (SSSR count). The van der Waals surface area contributed by atoms with Gasteiger partial charge in [0.25, 0.3) is 5.91 Å². The number of primary amides is 1. The van der Waals surface area contributed by atoms with Gasteiger partial charge in [0.2, 0.25) is 11.8 Å². The number of nitrogens with two attached hydrogens (primary N) is 1. The molecule has 7 heteroatoms. The van der Waals surface area contributed by atoms with E-state index in [1.54, 1.807) is 0 Å². The summed E-state index contributed by atoms with van der Waals surface area (Å²) in [4.78, 5) is 39.8. The van der Waals surface area contributed by atoms with E-state index in [1.165, 1.54) is 16.2 Å². The summed E-state index contributed by atoms with van der Waals surface area (Å²) in [7, 11) is 0. The number of carbonyl (C=O) groups excluding carboxylic acids is 3. The zero-order valence-electron chi connectivity index (χ0n) is 13.0. The normalized spacial score (nSPS) is 32.0. The number of aryl methyl sites for hydroxylation is 1. The van der Waals surface area contributed by atoms with Gasteiger partial charge in [0.1, 0.15) is 5.00 Å². The van der Waals surface area contributed by atoms with Crippen molar-refractivity contribution in [2.45, 2.75) is 45.3 Å². The third kappa shape index (κ3) is 1.80. The Morgan fingerprint density at radius 1 is 1.26 bits per heavy atom. The lowest BCUT2D eigenvalue weighted by Crippen LogP contribution is -2.35. The second-order valence-corrected chi connectivity index (χ2v) is 7.59. The van der Waals surface area contributed by atoms with Crippen molar-refractivity contribution in [2.75, 3.05) is 4.90 Å². The van der Waals surface area contributed by atoms with Gasteiger partial charge in [-0.1, -0.05) is 6.92 Å². The molecule has 3 aliphatic rings. The minimum absolute atomic E-state index is 0.157. The summed E-state index contributed by atoms with van der Waals surface area (Å²) in [5.41, 5.74) is 6.69. The monoisotopic (exact) mass is 334 g/mol. The van der Waals surface area contributed by atoms with Gasteiger partial charge in [-0.25, -0.2) is 4.90 Å². The number of nitrogens with zero attached hydrogens (tertiary/aromatic N) is 1. The number of anilines is 1. The summed E-state index contributed by atoms with van der Waals surface area (Å²) in [5.74, 6) is -1.85. The van der Waals surface area contributed by atoms with Crippen LogP contribution in [0.3, 0.4) is 0 Å². The molecule has 6 nitrogen and oxygen atoms in total. The molecule has 3 saturated heterocycles. The van der Waals surface area contributed by atoms with Crippen molar-refractivity contribution in [2.24, 2.45) is 17.6 Å². The van der Waals surface area contributed by atoms with Gasteiger partial charge in [0.05, 0.1) is 29.6 Å². The van der Waals surface area contributed by atoms with Gasteiger partial charge in [-0.2, -0.15) is 0 Å². The maximum absolute atomic E-state index is 12.9. The molecule has 3 amide bonds. The highest BCUT2D eigenvalue weighted by molar-refractivity contribution is 7.17. The zero-order valence-corrected chi connectivity index (χ0v) is 13.8. The molecule has 122 valence electrons. The van der Waals surface area contributed by atoms with Crippen molar-refractivity contribution >= 4 is 34.1 Å². The summed E-state index contributed by atoms with van der Waals surface area (Å²) in [5, 5.41) is 0.399. The molecule has 3 aliphatic heterocycles. The molecule has 23 heavy (non-hydrogen) atoms. The molecule has 0 saturated carbocycles. The molecule has 3 fully saturated rings. The van der Waals surface area contributed by atoms with Crippen LogP contribution < -0.4 is 10.6 Å². The van der Waals surface area contributed by atoms with Crippen LogP contribution >= 0.6 is 11.3 Å². The average molecular weight is 334 g/mol. The van der Waals surface area contributed by atoms with Gasteiger partial charge in [0, 0.05) is 4.88 Å². The highest BCUT2D eigenvalue weighted by Gasteiger charge is 2.63. The number of fused-ring (bicyclic) bond motifs is 5. The van der Waals surface area contributed by atoms with Gasteiger partial charge in [-0.3, -0.25) is 14.4 Å². The minimum atomic E-state index is -0.585. The number of amides is 3. The fourth-order valence-electron chi connectivity index (χ4n) is 4.31. The van der Waals surface area contributed by atoms with Crippen LogP contribution in [0.5, 0.6) is 0 Å². The molecule has 1 aromatic heterocycles. The second kappa shape index (κ2) is 4.88. The van der Waals surface area contributed by atoms with Crippen molar-refractivity contribution in [1.29, 1.82) is 0 Å². The first-order valence-corrected chi connectivity index (χ1v) is 8.72. The first kappa shape index (κ1) is 14.8. The standard InChI is InChI=1S/C16H18N2O4S/c1-3-7-6(2)23-16(10(7)13(17)19)18-14(20)11-8-4-5-9(22-8)12(11)15(18)21/h8-9,11-12H,3-5H2,1-2H3,(H2,17,19)/t8-,9+,11+,12-. The van der Waals surface area contributed by atoms with E-state index in [4.69, 9.17) is 10.5 Å². The number of ether oxygens (including phenoxy) is 1. The Hall–Kier alpha value is -1.73. The molecular formula is C16H18N2O4S. The molecule has 4 heterocycles. The number of rotatable bonds is 3. The smallest absolute Gasteiger partial charge is 0.252 e. The van der Waals surface area contributed by atoms with Crippen LogP contribution in [0.1, 0.15) is 40.6 Å². The zero-order chi connectivity index (χ0) is 16.5. The lowest BCUT2D eigenvalue weighted by molar-refractivity contribution is -0.124. The fraction of sp³-hybridized carbons (Fsp3) is 0.562. The summed E-state index contributed by atoms with van der Waals surface area (Å²) in [6, 6.07) is 0. The number of hydrogen-bond donors (Lipinski definition) is 1. The van der Waals surface area contributed by atoms with Crippen LogP contribution in [0, 0.1) is 18.8 Å². The van der Waals surface area contributed by atoms with Crippen LogP contribution in [0.2, 0.25) is 0 Å². The van der Waals surface area contributed by atoms with Gasteiger partial charge >= 0.3 is 0 Å². The third-order valence-electron chi connectivity index (χ3n) is 5.28. The van der Waals surface area contributed by atoms with E-state index >= 15 is 0 Å². The van der Waals surface area contributed by atoms with Gasteiger partial charge in [0.15, 0.2) is 0 Å². The highest BCUT2D eigenvalue weighted by Crippen LogP contribution is 2.51. The number of thiophene rings is 1. The molecule has 2 N–H and O–H groups in total. The van der Waals surface area contributed by atoms with Crippen molar-refractivity contribution < 1.29 is 19.1 Å². The second-order valence-electron chi connectivity index (χ2n) is 6.39. The first-order valence-electron chi connectivity index (χ1n) is 7.91. The first-order chi connectivity index (χ1) is 11.0. The van der Waals surface area contributed by atoms with Crippen LogP contribution in [0.25, 0.3) is 0 Å². The lowest BCUT2D eigenvalue weighted by Gasteiger charge is -2.17. The Balaban J connectivity index is 1.82. The van der Waals surface area contributed by atoms with E-state index < -0.39 is 17.7 Å². The van der Waals surface area contributed by atoms with E-state index in [0.29, 0.717) is 17.0 Å². The quantitative estimate of drug-likeness (QED) is 0.846. The Bertz CT molecular complexity index is 713. The van der Waals surface area contributed by atoms with Gasteiger partial charge in [-0.15, -0.1) is 11.3 Å².